The Kier molecular flexibility index (Phi) is 7.99. The van der Waals surface area contributed by atoms with Crippen LogP contribution in [0.3, 0.4) is 0 Å². The van der Waals surface area contributed by atoms with E-state index in [0.717, 1.165) is 86.0 Å². The van der Waals surface area contributed by atoms with Crippen molar-refractivity contribution >= 4 is 32.9 Å². The first kappa shape index (κ1) is 25.0. The lowest BCUT2D eigenvalue weighted by molar-refractivity contribution is 0.144. The maximum absolute atomic E-state index is 11.4. The molecular weight excluding hydrogens is 493 g/mol. The Morgan fingerprint density at radius 2 is 1.26 bits per heavy atom. The largest absolute Gasteiger partial charge is 0.507 e. The Hall–Kier alpha value is -1.65. The minimum absolute atomic E-state index is 0.465. The van der Waals surface area contributed by atoms with Crippen LogP contribution in [0.1, 0.15) is 11.1 Å². The molecular formula is C27H34N4OS3. The van der Waals surface area contributed by atoms with Crippen molar-refractivity contribution in [3.63, 3.8) is 0 Å². The van der Waals surface area contributed by atoms with Crippen molar-refractivity contribution in [2.75, 3.05) is 66.5 Å². The third-order valence-electron chi connectivity index (χ3n) is 7.20. The quantitative estimate of drug-likeness (QED) is 0.357. The Balaban J connectivity index is 1.53. The first-order valence-corrected chi connectivity index (χ1v) is 14.9. The molecule has 1 N–H and O–H groups in total. The molecule has 2 aliphatic rings. The zero-order valence-corrected chi connectivity index (χ0v) is 23.0. The molecule has 0 amide bonds. The van der Waals surface area contributed by atoms with Crippen molar-refractivity contribution in [3.8, 4) is 27.3 Å². The zero-order valence-electron chi connectivity index (χ0n) is 20.6. The molecule has 2 aromatic carbocycles. The molecule has 0 bridgehead atoms. The summed E-state index contributed by atoms with van der Waals surface area (Å²) in [5.41, 5.74) is 5.54. The van der Waals surface area contributed by atoms with Crippen LogP contribution in [0.15, 0.2) is 42.5 Å². The van der Waals surface area contributed by atoms with E-state index in [0.29, 0.717) is 5.75 Å². The first-order chi connectivity index (χ1) is 17.0. The Morgan fingerprint density at radius 1 is 0.743 bits per heavy atom. The zero-order chi connectivity index (χ0) is 24.4. The fraction of sp³-hybridized carbons (Fsp3) is 0.444. The van der Waals surface area contributed by atoms with Crippen molar-refractivity contribution < 1.29 is 5.11 Å². The number of hydrogen-bond acceptors (Lipinski definition) is 8. The molecule has 1 aromatic heterocycles. The maximum atomic E-state index is 11.4. The standard InChI is InChI=1S/C27H34N4OS3/c1-28-8-12-30(13-9-28)18-22-16-21(17-23(25(22)32)19-31-14-10-29(2)11-15-31)26-24(27(33)35-34-26)20-6-4-3-5-7-20/h3-7,16-17,32H,8-15,18-19H2,1-2H3. The van der Waals surface area contributed by atoms with Gasteiger partial charge in [-0.1, -0.05) is 63.2 Å². The molecule has 186 valence electrons. The average molecular weight is 527 g/mol. The SMILES string of the molecule is CN1CCN(Cc2cc(-c3ssc(=S)c3-c3ccccc3)cc(CN3CCN(C)CC3)c2O)CC1. The van der Waals surface area contributed by atoms with Crippen LogP contribution in [0, 0.1) is 3.82 Å². The number of benzene rings is 2. The van der Waals surface area contributed by atoms with E-state index >= 15 is 0 Å². The summed E-state index contributed by atoms with van der Waals surface area (Å²) in [5.74, 6) is 0.465. The molecule has 35 heavy (non-hydrogen) atoms. The average Bonchev–Trinajstić information content (AvgIpc) is 3.26. The number of hydrogen-bond donors (Lipinski definition) is 1. The lowest BCUT2D eigenvalue weighted by atomic mass is 9.98. The molecule has 3 heterocycles. The van der Waals surface area contributed by atoms with E-state index in [9.17, 15) is 5.11 Å². The van der Waals surface area contributed by atoms with Crippen LogP contribution in [0.5, 0.6) is 5.75 Å². The molecule has 0 aliphatic carbocycles. The normalized spacial score (nSPS) is 18.8. The second-order valence-electron chi connectivity index (χ2n) is 9.83. The van der Waals surface area contributed by atoms with Gasteiger partial charge in [0.15, 0.2) is 0 Å². The van der Waals surface area contributed by atoms with Gasteiger partial charge in [0, 0.05) is 82.1 Å². The predicted octanol–water partition coefficient (Wildman–Crippen LogP) is 5.07. The van der Waals surface area contributed by atoms with Crippen LogP contribution < -0.4 is 0 Å². The van der Waals surface area contributed by atoms with Gasteiger partial charge < -0.3 is 14.9 Å². The van der Waals surface area contributed by atoms with Crippen LogP contribution in [0.25, 0.3) is 21.6 Å². The van der Waals surface area contributed by atoms with Gasteiger partial charge in [-0.2, -0.15) is 0 Å². The summed E-state index contributed by atoms with van der Waals surface area (Å²) in [7, 11) is 7.79. The van der Waals surface area contributed by atoms with Crippen molar-refractivity contribution in [3.05, 3.63) is 57.4 Å². The predicted molar refractivity (Wildman–Crippen MR) is 151 cm³/mol. The molecule has 8 heteroatoms. The number of phenolic OH excluding ortho intramolecular Hbond substituents is 1. The molecule has 2 saturated heterocycles. The number of piperazine rings is 2. The van der Waals surface area contributed by atoms with E-state index in [4.69, 9.17) is 12.2 Å². The molecule has 5 rings (SSSR count). The van der Waals surface area contributed by atoms with E-state index in [1.807, 2.05) is 6.07 Å². The van der Waals surface area contributed by atoms with Crippen LogP contribution in [-0.4, -0.2) is 91.2 Å². The van der Waals surface area contributed by atoms with Crippen molar-refractivity contribution in [1.29, 1.82) is 0 Å². The van der Waals surface area contributed by atoms with Crippen LogP contribution in [-0.2, 0) is 13.1 Å². The number of rotatable bonds is 6. The summed E-state index contributed by atoms with van der Waals surface area (Å²) >= 11 is 5.78. The number of likely N-dealkylation sites (N-methyl/N-ethyl adjacent to an activating group) is 2. The van der Waals surface area contributed by atoms with E-state index in [-0.39, 0.29) is 0 Å². The van der Waals surface area contributed by atoms with E-state index in [1.165, 1.54) is 16.0 Å². The summed E-state index contributed by atoms with van der Waals surface area (Å²) in [6, 6.07) is 14.9. The Morgan fingerprint density at radius 3 is 1.77 bits per heavy atom. The first-order valence-electron chi connectivity index (χ1n) is 12.3. The van der Waals surface area contributed by atoms with Gasteiger partial charge >= 0.3 is 0 Å². The number of phenols is 1. The highest BCUT2D eigenvalue weighted by Crippen LogP contribution is 2.43. The topological polar surface area (TPSA) is 33.2 Å². The van der Waals surface area contributed by atoms with Gasteiger partial charge in [0.1, 0.15) is 9.57 Å². The molecule has 0 radical (unpaired) electrons. The van der Waals surface area contributed by atoms with Gasteiger partial charge in [0.05, 0.1) is 4.88 Å². The summed E-state index contributed by atoms with van der Waals surface area (Å²) in [6.07, 6.45) is 0. The van der Waals surface area contributed by atoms with Gasteiger partial charge in [-0.25, -0.2) is 0 Å². The molecule has 0 atom stereocenters. The Bertz CT molecular complexity index is 1150. The molecule has 0 spiro atoms. The van der Waals surface area contributed by atoms with Gasteiger partial charge in [-0.15, -0.1) is 0 Å². The summed E-state index contributed by atoms with van der Waals surface area (Å²) in [6.45, 7) is 9.94. The van der Waals surface area contributed by atoms with Gasteiger partial charge in [-0.05, 0) is 37.4 Å². The molecule has 0 unspecified atom stereocenters. The molecule has 3 aromatic rings. The highest BCUT2D eigenvalue weighted by molar-refractivity contribution is 7.80. The van der Waals surface area contributed by atoms with Gasteiger partial charge in [0.25, 0.3) is 0 Å². The van der Waals surface area contributed by atoms with Crippen molar-refractivity contribution in [2.24, 2.45) is 0 Å². The van der Waals surface area contributed by atoms with Crippen LogP contribution in [0.2, 0.25) is 0 Å². The van der Waals surface area contributed by atoms with E-state index in [2.05, 4.69) is 70.1 Å². The monoisotopic (exact) mass is 526 g/mol. The van der Waals surface area contributed by atoms with E-state index in [1.54, 1.807) is 20.7 Å². The molecule has 0 saturated carbocycles. The molecule has 2 aliphatic heterocycles. The van der Waals surface area contributed by atoms with Crippen LogP contribution in [0.4, 0.5) is 0 Å². The van der Waals surface area contributed by atoms with Crippen molar-refractivity contribution in [1.82, 2.24) is 19.6 Å². The molecule has 2 fully saturated rings. The smallest absolute Gasteiger partial charge is 0.124 e. The fourth-order valence-corrected chi connectivity index (χ4v) is 7.83. The summed E-state index contributed by atoms with van der Waals surface area (Å²) in [5, 5.41) is 11.4. The maximum Gasteiger partial charge on any atom is 0.124 e. The Labute approximate surface area is 221 Å². The third kappa shape index (κ3) is 5.85. The van der Waals surface area contributed by atoms with Crippen molar-refractivity contribution in [2.45, 2.75) is 13.1 Å². The summed E-state index contributed by atoms with van der Waals surface area (Å²) in [4.78, 5) is 10.9. The minimum Gasteiger partial charge on any atom is -0.507 e. The fourth-order valence-electron chi connectivity index (χ4n) is 4.93. The third-order valence-corrected chi connectivity index (χ3v) is 10.3. The van der Waals surface area contributed by atoms with Crippen LogP contribution >= 0.6 is 32.9 Å². The minimum atomic E-state index is 0.465. The number of nitrogens with zero attached hydrogens (tertiary/aromatic N) is 4. The van der Waals surface area contributed by atoms with E-state index < -0.39 is 0 Å². The number of aromatic hydroxyl groups is 1. The highest BCUT2D eigenvalue weighted by atomic mass is 32.9. The lowest BCUT2D eigenvalue weighted by Gasteiger charge is -2.34. The van der Waals surface area contributed by atoms with Gasteiger partial charge in [0.2, 0.25) is 0 Å². The van der Waals surface area contributed by atoms with Gasteiger partial charge in [-0.3, -0.25) is 9.80 Å². The summed E-state index contributed by atoms with van der Waals surface area (Å²) < 4.78 is 0.936. The lowest BCUT2D eigenvalue weighted by Crippen LogP contribution is -2.44. The molecule has 5 nitrogen and oxygen atoms in total. The highest BCUT2D eigenvalue weighted by Gasteiger charge is 2.22. The second-order valence-corrected chi connectivity index (χ2v) is 12.6. The second kappa shape index (κ2) is 11.2.